The van der Waals surface area contributed by atoms with Gasteiger partial charge in [-0.05, 0) is 25.8 Å². The van der Waals surface area contributed by atoms with Crippen LogP contribution in [-0.4, -0.2) is 18.0 Å². The first-order chi connectivity index (χ1) is 6.29. The van der Waals surface area contributed by atoms with Crippen molar-refractivity contribution in [1.82, 2.24) is 4.90 Å². The summed E-state index contributed by atoms with van der Waals surface area (Å²) in [6.07, 6.45) is 6.05. The van der Waals surface area contributed by atoms with E-state index in [4.69, 9.17) is 11.5 Å². The van der Waals surface area contributed by atoms with Gasteiger partial charge < -0.3 is 16.4 Å². The van der Waals surface area contributed by atoms with Crippen molar-refractivity contribution in [3.05, 3.63) is 24.2 Å². The molecule has 0 spiro atoms. The zero-order valence-electron chi connectivity index (χ0n) is 8.13. The molecular weight excluding hydrogens is 162 g/mol. The number of rotatable bonds is 3. The third-order valence-electron chi connectivity index (χ3n) is 2.42. The summed E-state index contributed by atoms with van der Waals surface area (Å²) in [5, 5.41) is 0. The summed E-state index contributed by atoms with van der Waals surface area (Å²) < 4.78 is 0. The maximum Gasteiger partial charge on any atom is 0.0344 e. The molecule has 4 N–H and O–H groups in total. The van der Waals surface area contributed by atoms with Crippen LogP contribution in [0, 0.1) is 0 Å². The molecule has 1 aliphatic heterocycles. The van der Waals surface area contributed by atoms with Crippen LogP contribution >= 0.6 is 0 Å². The fourth-order valence-electron chi connectivity index (χ4n) is 1.69. The molecule has 3 heteroatoms. The van der Waals surface area contributed by atoms with Crippen molar-refractivity contribution in [2.75, 3.05) is 13.1 Å². The first kappa shape index (κ1) is 10.1. The highest BCUT2D eigenvalue weighted by Crippen LogP contribution is 2.23. The van der Waals surface area contributed by atoms with E-state index < -0.39 is 0 Å². The van der Waals surface area contributed by atoms with Gasteiger partial charge in [-0.2, -0.15) is 0 Å². The summed E-state index contributed by atoms with van der Waals surface area (Å²) >= 11 is 0. The summed E-state index contributed by atoms with van der Waals surface area (Å²) in [7, 11) is 0. The fourth-order valence-corrected chi connectivity index (χ4v) is 1.69. The molecule has 0 aromatic carbocycles. The second kappa shape index (κ2) is 4.92. The van der Waals surface area contributed by atoms with Gasteiger partial charge in [0.15, 0.2) is 0 Å². The minimum atomic E-state index is 0.646. The molecule has 74 valence electrons. The molecule has 0 atom stereocenters. The van der Waals surface area contributed by atoms with E-state index in [1.54, 1.807) is 6.20 Å². The fraction of sp³-hybridized carbons (Fsp3) is 0.600. The molecule has 0 saturated carbocycles. The number of nitrogens with zero attached hydrogens (tertiary/aromatic N) is 1. The first-order valence-electron chi connectivity index (χ1n) is 4.85. The molecule has 0 aromatic rings. The third kappa shape index (κ3) is 2.49. The topological polar surface area (TPSA) is 55.3 Å². The lowest BCUT2D eigenvalue weighted by atomic mass is 10.1. The monoisotopic (exact) mass is 181 g/mol. The maximum absolute atomic E-state index is 5.55. The molecule has 1 saturated heterocycles. The van der Waals surface area contributed by atoms with E-state index in [9.17, 15) is 0 Å². The first-order valence-corrected chi connectivity index (χ1v) is 4.85. The van der Waals surface area contributed by atoms with Crippen LogP contribution in [0.15, 0.2) is 24.2 Å². The average molecular weight is 181 g/mol. The SMILES string of the molecule is C=C1CCCCN1/C(=C\N)CCN. The molecule has 0 unspecified atom stereocenters. The Kier molecular flexibility index (Phi) is 3.83. The van der Waals surface area contributed by atoms with Crippen molar-refractivity contribution in [2.24, 2.45) is 11.5 Å². The van der Waals surface area contributed by atoms with Crippen LogP contribution in [0.5, 0.6) is 0 Å². The van der Waals surface area contributed by atoms with E-state index >= 15 is 0 Å². The van der Waals surface area contributed by atoms with Crippen LogP contribution < -0.4 is 11.5 Å². The van der Waals surface area contributed by atoms with Gasteiger partial charge in [0.2, 0.25) is 0 Å². The molecule has 0 bridgehead atoms. The summed E-state index contributed by atoms with van der Waals surface area (Å²) in [6, 6.07) is 0. The van der Waals surface area contributed by atoms with Gasteiger partial charge in [-0.1, -0.05) is 6.58 Å². The lowest BCUT2D eigenvalue weighted by Gasteiger charge is -2.32. The lowest BCUT2D eigenvalue weighted by Crippen LogP contribution is -2.28. The Morgan fingerprint density at radius 2 is 2.31 bits per heavy atom. The number of hydrogen-bond acceptors (Lipinski definition) is 3. The molecule has 1 aliphatic rings. The van der Waals surface area contributed by atoms with Crippen molar-refractivity contribution >= 4 is 0 Å². The van der Waals surface area contributed by atoms with Gasteiger partial charge in [-0.15, -0.1) is 0 Å². The molecule has 13 heavy (non-hydrogen) atoms. The van der Waals surface area contributed by atoms with Crippen molar-refractivity contribution in [3.63, 3.8) is 0 Å². The molecular formula is C10H19N3. The van der Waals surface area contributed by atoms with Crippen LogP contribution in [0.2, 0.25) is 0 Å². The van der Waals surface area contributed by atoms with Crippen LogP contribution in [0.1, 0.15) is 25.7 Å². The van der Waals surface area contributed by atoms with Crippen molar-refractivity contribution in [3.8, 4) is 0 Å². The van der Waals surface area contributed by atoms with Crippen LogP contribution in [0.25, 0.3) is 0 Å². The van der Waals surface area contributed by atoms with Crippen molar-refractivity contribution in [1.29, 1.82) is 0 Å². The summed E-state index contributed by atoms with van der Waals surface area (Å²) in [4.78, 5) is 2.20. The smallest absolute Gasteiger partial charge is 0.0344 e. The molecule has 0 radical (unpaired) electrons. The normalized spacial score (nSPS) is 19.3. The summed E-state index contributed by atoms with van der Waals surface area (Å²) in [5.74, 6) is 0. The highest BCUT2D eigenvalue weighted by atomic mass is 15.2. The van der Waals surface area contributed by atoms with Crippen molar-refractivity contribution in [2.45, 2.75) is 25.7 Å². The van der Waals surface area contributed by atoms with Gasteiger partial charge in [0.05, 0.1) is 0 Å². The Balaban J connectivity index is 2.61. The lowest BCUT2D eigenvalue weighted by molar-refractivity contribution is 0.344. The number of allylic oxidation sites excluding steroid dienone is 1. The summed E-state index contributed by atoms with van der Waals surface area (Å²) in [6.45, 7) is 5.72. The van der Waals surface area contributed by atoms with E-state index in [2.05, 4.69) is 11.5 Å². The van der Waals surface area contributed by atoms with E-state index in [1.165, 1.54) is 18.5 Å². The number of hydrogen-bond donors (Lipinski definition) is 2. The predicted octanol–water partition coefficient (Wildman–Crippen LogP) is 1.13. The second-order valence-electron chi connectivity index (χ2n) is 3.37. The highest BCUT2D eigenvalue weighted by molar-refractivity contribution is 5.11. The summed E-state index contributed by atoms with van der Waals surface area (Å²) in [5.41, 5.74) is 13.4. The molecule has 1 heterocycles. The molecule has 1 rings (SSSR count). The zero-order valence-corrected chi connectivity index (χ0v) is 8.13. The maximum atomic E-state index is 5.55. The van der Waals surface area contributed by atoms with E-state index in [-0.39, 0.29) is 0 Å². The highest BCUT2D eigenvalue weighted by Gasteiger charge is 2.15. The van der Waals surface area contributed by atoms with Gasteiger partial charge in [0.1, 0.15) is 0 Å². The largest absolute Gasteiger partial charge is 0.403 e. The van der Waals surface area contributed by atoms with Gasteiger partial charge in [-0.25, -0.2) is 0 Å². The van der Waals surface area contributed by atoms with E-state index in [0.29, 0.717) is 6.54 Å². The molecule has 1 fully saturated rings. The minimum absolute atomic E-state index is 0.646. The molecule has 3 nitrogen and oxygen atoms in total. The quantitative estimate of drug-likeness (QED) is 0.686. The van der Waals surface area contributed by atoms with Gasteiger partial charge in [-0.3, -0.25) is 0 Å². The van der Waals surface area contributed by atoms with Gasteiger partial charge in [0, 0.05) is 30.6 Å². The van der Waals surface area contributed by atoms with Crippen molar-refractivity contribution < 1.29 is 0 Å². The zero-order chi connectivity index (χ0) is 9.68. The Morgan fingerprint density at radius 1 is 1.54 bits per heavy atom. The standard InChI is InChI=1S/C10H19N3/c1-9-4-2-3-7-13(9)10(8-12)5-6-11/h8H,1-7,11-12H2/b10-8-. The Morgan fingerprint density at radius 3 is 2.85 bits per heavy atom. The number of likely N-dealkylation sites (tertiary alicyclic amines) is 1. The molecule has 0 amide bonds. The van der Waals surface area contributed by atoms with Gasteiger partial charge in [0.25, 0.3) is 0 Å². The Labute approximate surface area is 80.1 Å². The minimum Gasteiger partial charge on any atom is -0.403 e. The van der Waals surface area contributed by atoms with E-state index in [0.717, 1.165) is 25.1 Å². The van der Waals surface area contributed by atoms with E-state index in [1.807, 2.05) is 0 Å². The third-order valence-corrected chi connectivity index (χ3v) is 2.42. The Hall–Kier alpha value is -0.960. The second-order valence-corrected chi connectivity index (χ2v) is 3.37. The number of piperidine rings is 1. The van der Waals surface area contributed by atoms with Crippen LogP contribution in [0.3, 0.4) is 0 Å². The van der Waals surface area contributed by atoms with Gasteiger partial charge >= 0.3 is 0 Å². The van der Waals surface area contributed by atoms with Crippen LogP contribution in [0.4, 0.5) is 0 Å². The average Bonchev–Trinajstić information content (AvgIpc) is 2.16. The number of nitrogens with two attached hydrogens (primary N) is 2. The Bertz CT molecular complexity index is 208. The van der Waals surface area contributed by atoms with Crippen LogP contribution in [-0.2, 0) is 0 Å². The molecule has 0 aromatic heterocycles. The predicted molar refractivity (Wildman–Crippen MR) is 55.6 cm³/mol. The molecule has 0 aliphatic carbocycles.